The lowest BCUT2D eigenvalue weighted by Crippen LogP contribution is -2.65. The van der Waals surface area contributed by atoms with E-state index in [1.54, 1.807) is 20.8 Å². The summed E-state index contributed by atoms with van der Waals surface area (Å²) in [5, 5.41) is 12.4. The molecule has 8 nitrogen and oxygen atoms in total. The second kappa shape index (κ2) is 8.03. The van der Waals surface area contributed by atoms with E-state index in [9.17, 15) is 19.5 Å². The first-order valence-corrected chi connectivity index (χ1v) is 10.6. The normalized spacial score (nSPS) is 22.2. The Morgan fingerprint density at radius 1 is 1.00 bits per heavy atom. The summed E-state index contributed by atoms with van der Waals surface area (Å²) in [5.74, 6) is -1.52. The lowest BCUT2D eigenvalue weighted by molar-refractivity contribution is -0.791. The molecule has 1 saturated heterocycles. The average molecular weight is 439 g/mol. The van der Waals surface area contributed by atoms with Crippen LogP contribution in [0.25, 0.3) is 11.1 Å². The number of ether oxygens (including phenoxy) is 2. The fourth-order valence-corrected chi connectivity index (χ4v) is 4.46. The van der Waals surface area contributed by atoms with Gasteiger partial charge in [0, 0.05) is 5.92 Å². The zero-order valence-corrected chi connectivity index (χ0v) is 18.3. The minimum Gasteiger partial charge on any atom is -0.476 e. The van der Waals surface area contributed by atoms with Crippen molar-refractivity contribution in [2.24, 2.45) is 0 Å². The number of amides is 2. The van der Waals surface area contributed by atoms with Crippen molar-refractivity contribution in [3.05, 3.63) is 59.7 Å². The van der Waals surface area contributed by atoms with Gasteiger partial charge in [0.25, 0.3) is 6.17 Å². The highest BCUT2D eigenvalue weighted by Crippen LogP contribution is 2.44. The van der Waals surface area contributed by atoms with Crippen LogP contribution in [0.2, 0.25) is 0 Å². The number of nitrogens with zero attached hydrogens (tertiary/aromatic N) is 1. The highest BCUT2D eigenvalue weighted by molar-refractivity contribution is 5.84. The third kappa shape index (κ3) is 3.65. The predicted octanol–water partition coefficient (Wildman–Crippen LogP) is 3.70. The SMILES string of the molecule is CC(C)(C)OC(=O)[N@+]1(C(=O)OCC2c3ccccc3-c3ccccc32)CCN[C@@H]1C(=O)O. The van der Waals surface area contributed by atoms with E-state index in [0.717, 1.165) is 22.3 Å². The van der Waals surface area contributed by atoms with E-state index in [1.165, 1.54) is 0 Å². The molecule has 2 amide bonds. The number of rotatable bonds is 3. The molecule has 0 spiro atoms. The molecule has 4 rings (SSSR count). The topological polar surface area (TPSA) is 102 Å². The molecule has 0 saturated carbocycles. The highest BCUT2D eigenvalue weighted by atomic mass is 16.6. The Kier molecular flexibility index (Phi) is 5.52. The fraction of sp³-hybridized carbons (Fsp3) is 0.375. The Labute approximate surface area is 186 Å². The molecule has 2 N–H and O–H groups in total. The van der Waals surface area contributed by atoms with Crippen molar-refractivity contribution in [2.45, 2.75) is 38.5 Å². The molecule has 0 bridgehead atoms. The van der Waals surface area contributed by atoms with Gasteiger partial charge in [0.15, 0.2) is 0 Å². The monoisotopic (exact) mass is 439 g/mol. The molecule has 0 aromatic heterocycles. The maximum absolute atomic E-state index is 13.3. The van der Waals surface area contributed by atoms with E-state index in [0.29, 0.717) is 0 Å². The molecular weight excluding hydrogens is 412 g/mol. The van der Waals surface area contributed by atoms with E-state index in [1.807, 2.05) is 48.5 Å². The van der Waals surface area contributed by atoms with Gasteiger partial charge in [0.1, 0.15) is 18.8 Å². The number of aliphatic carboxylic acids is 1. The smallest absolute Gasteiger partial charge is 0.476 e. The minimum atomic E-state index is -1.47. The number of carboxylic acid groups (broad SMARTS) is 1. The van der Waals surface area contributed by atoms with Crippen LogP contribution < -0.4 is 5.32 Å². The summed E-state index contributed by atoms with van der Waals surface area (Å²) in [6.45, 7) is 5.08. The Balaban J connectivity index is 1.63. The van der Waals surface area contributed by atoms with Crippen molar-refractivity contribution in [1.82, 2.24) is 5.32 Å². The zero-order chi connectivity index (χ0) is 23.1. The lowest BCUT2D eigenvalue weighted by atomic mass is 9.98. The molecular formula is C24H27N2O6+. The summed E-state index contributed by atoms with van der Waals surface area (Å²) < 4.78 is 10.0. The molecule has 2 aliphatic rings. The molecule has 2 aromatic rings. The molecule has 168 valence electrons. The van der Waals surface area contributed by atoms with Crippen LogP contribution in [0.1, 0.15) is 37.8 Å². The van der Waals surface area contributed by atoms with Crippen molar-refractivity contribution in [3.63, 3.8) is 0 Å². The van der Waals surface area contributed by atoms with Gasteiger partial charge in [-0.1, -0.05) is 53.0 Å². The summed E-state index contributed by atoms with van der Waals surface area (Å²) in [5.41, 5.74) is 3.31. The first-order valence-electron chi connectivity index (χ1n) is 10.6. The van der Waals surface area contributed by atoms with Gasteiger partial charge in [-0.15, -0.1) is 0 Å². The molecule has 0 unspecified atom stereocenters. The predicted molar refractivity (Wildman–Crippen MR) is 116 cm³/mol. The fourth-order valence-electron chi connectivity index (χ4n) is 4.46. The number of carbonyl (C=O) groups is 3. The molecule has 1 aliphatic heterocycles. The van der Waals surface area contributed by atoms with Crippen LogP contribution in [0.15, 0.2) is 48.5 Å². The third-order valence-corrected chi connectivity index (χ3v) is 5.86. The van der Waals surface area contributed by atoms with Crippen molar-refractivity contribution in [3.8, 4) is 11.1 Å². The van der Waals surface area contributed by atoms with E-state index in [-0.39, 0.29) is 25.6 Å². The number of hydrogen-bond acceptors (Lipinski definition) is 6. The quantitative estimate of drug-likeness (QED) is 0.703. The van der Waals surface area contributed by atoms with Gasteiger partial charge in [-0.2, -0.15) is 9.59 Å². The Hall–Kier alpha value is -3.23. The highest BCUT2D eigenvalue weighted by Gasteiger charge is 2.62. The Morgan fingerprint density at radius 3 is 2.09 bits per heavy atom. The van der Waals surface area contributed by atoms with E-state index >= 15 is 0 Å². The van der Waals surface area contributed by atoms with E-state index in [2.05, 4.69) is 5.32 Å². The van der Waals surface area contributed by atoms with Crippen molar-refractivity contribution in [1.29, 1.82) is 0 Å². The minimum absolute atomic E-state index is 0.0119. The number of carboxylic acids is 1. The maximum Gasteiger partial charge on any atom is 0.529 e. The molecule has 32 heavy (non-hydrogen) atoms. The van der Waals surface area contributed by atoms with Gasteiger partial charge < -0.3 is 14.6 Å². The molecule has 2 aromatic carbocycles. The van der Waals surface area contributed by atoms with Crippen LogP contribution in [-0.4, -0.2) is 59.2 Å². The second-order valence-corrected chi connectivity index (χ2v) is 9.07. The van der Waals surface area contributed by atoms with Gasteiger partial charge in [0.2, 0.25) is 0 Å². The van der Waals surface area contributed by atoms with Gasteiger partial charge >= 0.3 is 18.2 Å². The first-order chi connectivity index (χ1) is 15.1. The standard InChI is InChI=1S/C24H26N2O6/c1-24(2,3)32-23(30)26(13-12-25-20(26)21(27)28)22(29)31-14-19-17-10-6-4-8-15(17)16-9-5-7-11-18(16)19/h4-11,19-20,25H,12-14H2,1-3H3/p+1/t20-,26+/m0/s1. The molecule has 1 heterocycles. The Morgan fingerprint density at radius 2 is 1.56 bits per heavy atom. The van der Waals surface area contributed by atoms with E-state index in [4.69, 9.17) is 9.47 Å². The third-order valence-electron chi connectivity index (χ3n) is 5.86. The molecule has 0 radical (unpaired) electrons. The Bertz CT molecular complexity index is 1030. The number of carbonyl (C=O) groups excluding carboxylic acids is 2. The van der Waals surface area contributed by atoms with Gasteiger partial charge in [-0.25, -0.2) is 4.79 Å². The number of hydrogen-bond donors (Lipinski definition) is 2. The molecule has 1 fully saturated rings. The summed E-state index contributed by atoms with van der Waals surface area (Å²) in [4.78, 5) is 38.3. The van der Waals surface area contributed by atoms with Gasteiger partial charge in [-0.05, 0) is 43.0 Å². The van der Waals surface area contributed by atoms with E-state index < -0.39 is 34.4 Å². The van der Waals surface area contributed by atoms with Gasteiger partial charge in [0.05, 0.1) is 6.54 Å². The number of fused-ring (bicyclic) bond motifs is 3. The van der Waals surface area contributed by atoms with Crippen LogP contribution >= 0.6 is 0 Å². The van der Waals surface area contributed by atoms with Crippen molar-refractivity contribution >= 4 is 18.2 Å². The molecule has 2 atom stereocenters. The molecule has 8 heteroatoms. The average Bonchev–Trinajstić information content (AvgIpc) is 3.32. The molecule has 1 aliphatic carbocycles. The lowest BCUT2D eigenvalue weighted by Gasteiger charge is -2.32. The second-order valence-electron chi connectivity index (χ2n) is 9.07. The maximum atomic E-state index is 13.3. The van der Waals surface area contributed by atoms with Crippen LogP contribution in [0, 0.1) is 0 Å². The number of benzene rings is 2. The first kappa shape index (κ1) is 22.0. The van der Waals surface area contributed by atoms with Crippen LogP contribution in [-0.2, 0) is 14.3 Å². The van der Waals surface area contributed by atoms with Crippen LogP contribution in [0.5, 0.6) is 0 Å². The van der Waals surface area contributed by atoms with Gasteiger partial charge in [-0.3, -0.25) is 5.32 Å². The number of imide groups is 1. The summed E-state index contributed by atoms with van der Waals surface area (Å²) in [6, 6.07) is 15.8. The zero-order valence-electron chi connectivity index (χ0n) is 18.3. The largest absolute Gasteiger partial charge is 0.529 e. The summed E-state index contributed by atoms with van der Waals surface area (Å²) >= 11 is 0. The van der Waals surface area contributed by atoms with Crippen LogP contribution in [0.3, 0.4) is 0 Å². The number of nitrogens with one attached hydrogen (secondary N) is 1. The summed E-state index contributed by atoms with van der Waals surface area (Å²) in [6.07, 6.45) is -3.34. The van der Waals surface area contributed by atoms with Crippen LogP contribution in [0.4, 0.5) is 9.59 Å². The van der Waals surface area contributed by atoms with Crippen molar-refractivity contribution in [2.75, 3.05) is 19.7 Å². The summed E-state index contributed by atoms with van der Waals surface area (Å²) in [7, 11) is 0. The number of quaternary nitrogens is 1. The van der Waals surface area contributed by atoms with Crippen molar-refractivity contribution < 1.29 is 33.4 Å².